The summed E-state index contributed by atoms with van der Waals surface area (Å²) in [5.41, 5.74) is 0.740. The molecule has 1 unspecified atom stereocenters. The first-order valence-corrected chi connectivity index (χ1v) is 6.14. The van der Waals surface area contributed by atoms with E-state index in [2.05, 4.69) is 4.74 Å². The van der Waals surface area contributed by atoms with E-state index in [-0.39, 0.29) is 24.8 Å². The van der Waals surface area contributed by atoms with Gasteiger partial charge in [0.05, 0.1) is 30.0 Å². The van der Waals surface area contributed by atoms with Gasteiger partial charge in [0.2, 0.25) is 0 Å². The molecular formula is C13H12ClNO4. The minimum atomic E-state index is -0.658. The van der Waals surface area contributed by atoms with Gasteiger partial charge in [0.15, 0.2) is 0 Å². The number of hydrogen-bond donors (Lipinski definition) is 0. The van der Waals surface area contributed by atoms with Crippen LogP contribution in [-0.4, -0.2) is 41.7 Å². The SMILES string of the molecule is COC(=O)CC(Cl)CN1C(=O)c2ccccc2C1=O. The summed E-state index contributed by atoms with van der Waals surface area (Å²) in [7, 11) is 1.26. The van der Waals surface area contributed by atoms with E-state index >= 15 is 0 Å². The lowest BCUT2D eigenvalue weighted by Crippen LogP contribution is -2.35. The molecule has 0 bridgehead atoms. The molecule has 0 aliphatic carbocycles. The summed E-state index contributed by atoms with van der Waals surface area (Å²) in [6, 6.07) is 6.58. The molecule has 0 radical (unpaired) electrons. The molecule has 0 saturated carbocycles. The van der Waals surface area contributed by atoms with Crippen molar-refractivity contribution < 1.29 is 19.1 Å². The maximum absolute atomic E-state index is 12.0. The van der Waals surface area contributed by atoms with Gasteiger partial charge in [-0.1, -0.05) is 12.1 Å². The predicted molar refractivity (Wildman–Crippen MR) is 68.1 cm³/mol. The summed E-state index contributed by atoms with van der Waals surface area (Å²) in [4.78, 5) is 36.2. The molecule has 1 heterocycles. The van der Waals surface area contributed by atoms with Crippen LogP contribution in [0.25, 0.3) is 0 Å². The lowest BCUT2D eigenvalue weighted by atomic mass is 10.1. The zero-order chi connectivity index (χ0) is 14.0. The quantitative estimate of drug-likeness (QED) is 0.476. The van der Waals surface area contributed by atoms with Crippen LogP contribution in [0.15, 0.2) is 24.3 Å². The molecule has 19 heavy (non-hydrogen) atoms. The zero-order valence-corrected chi connectivity index (χ0v) is 11.0. The minimum Gasteiger partial charge on any atom is -0.469 e. The number of amides is 2. The van der Waals surface area contributed by atoms with Crippen molar-refractivity contribution in [2.75, 3.05) is 13.7 Å². The summed E-state index contributed by atoms with van der Waals surface area (Å²) >= 11 is 5.96. The number of ether oxygens (including phenoxy) is 1. The van der Waals surface area contributed by atoms with Crippen LogP contribution in [0, 0.1) is 0 Å². The Morgan fingerprint density at radius 2 is 1.79 bits per heavy atom. The number of halogens is 1. The molecule has 2 amide bonds. The molecule has 0 aromatic heterocycles. The maximum atomic E-state index is 12.0. The standard InChI is InChI=1S/C13H12ClNO4/c1-19-11(16)6-8(14)7-15-12(17)9-4-2-3-5-10(9)13(15)18/h2-5,8H,6-7H2,1H3. The molecule has 6 heteroatoms. The van der Waals surface area contributed by atoms with Crippen LogP contribution >= 0.6 is 11.6 Å². The summed E-state index contributed by atoms with van der Waals surface area (Å²) < 4.78 is 4.49. The monoisotopic (exact) mass is 281 g/mol. The third-order valence-corrected chi connectivity index (χ3v) is 3.17. The molecule has 5 nitrogen and oxygen atoms in total. The highest BCUT2D eigenvalue weighted by atomic mass is 35.5. The molecule has 2 rings (SSSR count). The van der Waals surface area contributed by atoms with Gasteiger partial charge in [0, 0.05) is 6.54 Å². The molecule has 1 atom stereocenters. The lowest BCUT2D eigenvalue weighted by Gasteiger charge is -2.16. The number of fused-ring (bicyclic) bond motifs is 1. The first-order chi connectivity index (χ1) is 9.04. The van der Waals surface area contributed by atoms with Gasteiger partial charge in [-0.15, -0.1) is 11.6 Å². The van der Waals surface area contributed by atoms with Crippen molar-refractivity contribution in [3.05, 3.63) is 35.4 Å². The van der Waals surface area contributed by atoms with Gasteiger partial charge >= 0.3 is 5.97 Å². The van der Waals surface area contributed by atoms with E-state index in [1.807, 2.05) is 0 Å². The summed E-state index contributed by atoms with van der Waals surface area (Å²) in [5, 5.41) is -0.658. The van der Waals surface area contributed by atoms with E-state index in [1.165, 1.54) is 7.11 Å². The molecular weight excluding hydrogens is 270 g/mol. The molecule has 100 valence electrons. The highest BCUT2D eigenvalue weighted by Crippen LogP contribution is 2.23. The van der Waals surface area contributed by atoms with E-state index in [1.54, 1.807) is 24.3 Å². The summed E-state index contributed by atoms with van der Waals surface area (Å²) in [6.07, 6.45) is -0.0501. The molecule has 1 aliphatic heterocycles. The van der Waals surface area contributed by atoms with Gasteiger partial charge in [-0.3, -0.25) is 19.3 Å². The number of rotatable bonds is 4. The highest BCUT2D eigenvalue weighted by molar-refractivity contribution is 6.24. The van der Waals surface area contributed by atoms with Crippen molar-refractivity contribution in [1.82, 2.24) is 4.90 Å². The van der Waals surface area contributed by atoms with E-state index in [0.29, 0.717) is 11.1 Å². The molecule has 1 aromatic rings. The summed E-state index contributed by atoms with van der Waals surface area (Å²) in [5.74, 6) is -1.23. The van der Waals surface area contributed by atoms with Crippen LogP contribution in [0.4, 0.5) is 0 Å². The van der Waals surface area contributed by atoms with Crippen LogP contribution in [0.2, 0.25) is 0 Å². The van der Waals surface area contributed by atoms with E-state index in [0.717, 1.165) is 4.90 Å². The number of carbonyl (C=O) groups is 3. The van der Waals surface area contributed by atoms with Crippen molar-refractivity contribution in [3.63, 3.8) is 0 Å². The van der Waals surface area contributed by atoms with Gasteiger partial charge in [-0.25, -0.2) is 0 Å². The van der Waals surface area contributed by atoms with Crippen LogP contribution in [0.1, 0.15) is 27.1 Å². The average molecular weight is 282 g/mol. The number of methoxy groups -OCH3 is 1. The second-order valence-electron chi connectivity index (χ2n) is 4.14. The van der Waals surface area contributed by atoms with Crippen molar-refractivity contribution in [2.24, 2.45) is 0 Å². The van der Waals surface area contributed by atoms with E-state index in [9.17, 15) is 14.4 Å². The van der Waals surface area contributed by atoms with Crippen molar-refractivity contribution in [2.45, 2.75) is 11.8 Å². The van der Waals surface area contributed by atoms with Gasteiger partial charge in [-0.05, 0) is 12.1 Å². The smallest absolute Gasteiger partial charge is 0.307 e. The summed E-state index contributed by atoms with van der Waals surface area (Å²) in [6.45, 7) is -0.0109. The largest absolute Gasteiger partial charge is 0.469 e. The number of nitrogens with zero attached hydrogens (tertiary/aromatic N) is 1. The second kappa shape index (κ2) is 5.40. The number of benzene rings is 1. The Balaban J connectivity index is 2.10. The maximum Gasteiger partial charge on any atom is 0.307 e. The fourth-order valence-corrected chi connectivity index (χ4v) is 2.20. The zero-order valence-electron chi connectivity index (χ0n) is 10.3. The Kier molecular flexibility index (Phi) is 3.85. The number of hydrogen-bond acceptors (Lipinski definition) is 4. The fraction of sp³-hybridized carbons (Fsp3) is 0.308. The number of carbonyl (C=O) groups excluding carboxylic acids is 3. The Bertz CT molecular complexity index is 508. The third kappa shape index (κ3) is 2.61. The van der Waals surface area contributed by atoms with Gasteiger partial charge in [0.1, 0.15) is 0 Å². The average Bonchev–Trinajstić information content (AvgIpc) is 2.64. The lowest BCUT2D eigenvalue weighted by molar-refractivity contribution is -0.140. The van der Waals surface area contributed by atoms with Crippen molar-refractivity contribution in [3.8, 4) is 0 Å². The number of imide groups is 1. The first kappa shape index (κ1) is 13.5. The Labute approximate surface area is 115 Å². The third-order valence-electron chi connectivity index (χ3n) is 2.87. The topological polar surface area (TPSA) is 63.7 Å². The van der Waals surface area contributed by atoms with Crippen LogP contribution in [-0.2, 0) is 9.53 Å². The molecule has 0 spiro atoms. The number of alkyl halides is 1. The highest BCUT2D eigenvalue weighted by Gasteiger charge is 2.36. The normalized spacial score (nSPS) is 15.4. The molecule has 0 saturated heterocycles. The molecule has 1 aromatic carbocycles. The second-order valence-corrected chi connectivity index (χ2v) is 4.76. The molecule has 1 aliphatic rings. The molecule has 0 fully saturated rings. The number of esters is 1. The van der Waals surface area contributed by atoms with Crippen LogP contribution in [0.5, 0.6) is 0 Å². The van der Waals surface area contributed by atoms with E-state index in [4.69, 9.17) is 11.6 Å². The minimum absolute atomic E-state index is 0.0109. The van der Waals surface area contributed by atoms with Crippen molar-refractivity contribution in [1.29, 1.82) is 0 Å². The Morgan fingerprint density at radius 1 is 1.26 bits per heavy atom. The van der Waals surface area contributed by atoms with Crippen LogP contribution in [0.3, 0.4) is 0 Å². The van der Waals surface area contributed by atoms with Crippen molar-refractivity contribution >= 4 is 29.4 Å². The predicted octanol–water partition coefficient (Wildman–Crippen LogP) is 1.45. The fourth-order valence-electron chi connectivity index (χ4n) is 1.93. The van der Waals surface area contributed by atoms with Gasteiger partial charge < -0.3 is 4.74 Å². The van der Waals surface area contributed by atoms with Gasteiger partial charge in [-0.2, -0.15) is 0 Å². The van der Waals surface area contributed by atoms with Crippen LogP contribution < -0.4 is 0 Å². The Hall–Kier alpha value is -1.88. The van der Waals surface area contributed by atoms with Gasteiger partial charge in [0.25, 0.3) is 11.8 Å². The molecule has 0 N–H and O–H groups in total. The first-order valence-electron chi connectivity index (χ1n) is 5.70. The Morgan fingerprint density at radius 3 is 2.26 bits per heavy atom. The van der Waals surface area contributed by atoms with E-state index < -0.39 is 11.3 Å².